The van der Waals surface area contributed by atoms with E-state index in [1.807, 2.05) is 55.5 Å². The number of thioether (sulfide) groups is 1. The number of nitrogens with one attached hydrogen (secondary N) is 1. The van der Waals surface area contributed by atoms with Crippen molar-refractivity contribution in [3.8, 4) is 0 Å². The molecule has 36 heavy (non-hydrogen) atoms. The van der Waals surface area contributed by atoms with E-state index in [4.69, 9.17) is 10.5 Å². The van der Waals surface area contributed by atoms with Gasteiger partial charge < -0.3 is 0 Å². The molecule has 0 spiro atoms. The van der Waals surface area contributed by atoms with Crippen LogP contribution in [0.1, 0.15) is 35.6 Å². The van der Waals surface area contributed by atoms with Crippen molar-refractivity contribution in [2.45, 2.75) is 31.1 Å². The standard InChI is InChI=1S/C27H22BrFN4O2S/c1-16-6-8-17(9-7-16)21-14-23(18-10-12-19(28)13-11-18)33(31-21)27(30)36-24-15-25(34)32(26(24)35)22-5-3-2-4-20(22)29/h2-13,23-24,30H,14-15H2,1H3. The monoisotopic (exact) mass is 564 g/mol. The largest absolute Gasteiger partial charge is 0.277 e. The molecule has 1 saturated heterocycles. The van der Waals surface area contributed by atoms with Crippen LogP contribution in [0.4, 0.5) is 10.1 Å². The Labute approximate surface area is 220 Å². The third-order valence-corrected chi connectivity index (χ3v) is 7.80. The highest BCUT2D eigenvalue weighted by Gasteiger charge is 2.43. The van der Waals surface area contributed by atoms with Crippen molar-refractivity contribution in [3.63, 3.8) is 0 Å². The number of carbonyl (C=O) groups excluding carboxylic acids is 2. The molecule has 3 aromatic carbocycles. The zero-order valence-electron chi connectivity index (χ0n) is 19.3. The summed E-state index contributed by atoms with van der Waals surface area (Å²) in [6.45, 7) is 2.02. The van der Waals surface area contributed by atoms with Gasteiger partial charge in [-0.25, -0.2) is 14.3 Å². The summed E-state index contributed by atoms with van der Waals surface area (Å²) >= 11 is 4.44. The number of halogens is 2. The molecule has 2 heterocycles. The number of aryl methyl sites for hydroxylation is 1. The average Bonchev–Trinajstić information content (AvgIpc) is 3.42. The van der Waals surface area contributed by atoms with E-state index in [0.29, 0.717) is 6.42 Å². The van der Waals surface area contributed by atoms with Crippen LogP contribution in [-0.2, 0) is 9.59 Å². The van der Waals surface area contributed by atoms with E-state index in [2.05, 4.69) is 15.9 Å². The number of hydrogen-bond acceptors (Lipinski definition) is 5. The van der Waals surface area contributed by atoms with Crippen molar-refractivity contribution >= 4 is 56.1 Å². The molecule has 0 aliphatic carbocycles. The minimum Gasteiger partial charge on any atom is -0.277 e. The van der Waals surface area contributed by atoms with Gasteiger partial charge in [0.15, 0.2) is 5.17 Å². The number of benzene rings is 3. The number of anilines is 1. The molecule has 0 bridgehead atoms. The lowest BCUT2D eigenvalue weighted by Crippen LogP contribution is -2.33. The lowest BCUT2D eigenvalue weighted by atomic mass is 9.98. The van der Waals surface area contributed by atoms with E-state index in [1.54, 1.807) is 11.1 Å². The summed E-state index contributed by atoms with van der Waals surface area (Å²) in [5.41, 5.74) is 3.88. The number of nitrogens with zero attached hydrogens (tertiary/aromatic N) is 3. The summed E-state index contributed by atoms with van der Waals surface area (Å²) in [4.78, 5) is 26.6. The Hall–Kier alpha value is -3.30. The van der Waals surface area contributed by atoms with Crippen molar-refractivity contribution in [1.29, 1.82) is 5.41 Å². The first-order valence-electron chi connectivity index (χ1n) is 11.4. The Balaban J connectivity index is 1.41. The van der Waals surface area contributed by atoms with E-state index in [-0.39, 0.29) is 23.3 Å². The van der Waals surface area contributed by atoms with E-state index in [9.17, 15) is 14.0 Å². The predicted octanol–water partition coefficient (Wildman–Crippen LogP) is 6.05. The summed E-state index contributed by atoms with van der Waals surface area (Å²) in [7, 11) is 0. The van der Waals surface area contributed by atoms with Gasteiger partial charge in [-0.2, -0.15) is 5.10 Å². The molecule has 182 valence electrons. The van der Waals surface area contributed by atoms with Gasteiger partial charge in [0.1, 0.15) is 11.1 Å². The van der Waals surface area contributed by atoms with Gasteiger partial charge in [0, 0.05) is 17.3 Å². The van der Waals surface area contributed by atoms with E-state index < -0.39 is 22.9 Å². The van der Waals surface area contributed by atoms with Gasteiger partial charge in [0.25, 0.3) is 0 Å². The van der Waals surface area contributed by atoms with Gasteiger partial charge >= 0.3 is 0 Å². The van der Waals surface area contributed by atoms with Crippen molar-refractivity contribution in [3.05, 3.63) is 99.8 Å². The van der Waals surface area contributed by atoms with Gasteiger partial charge in [-0.05, 0) is 42.3 Å². The lowest BCUT2D eigenvalue weighted by Gasteiger charge is -2.24. The Morgan fingerprint density at radius 2 is 1.72 bits per heavy atom. The molecule has 3 aromatic rings. The molecular weight excluding hydrogens is 543 g/mol. The predicted molar refractivity (Wildman–Crippen MR) is 144 cm³/mol. The lowest BCUT2D eigenvalue weighted by molar-refractivity contribution is -0.121. The third kappa shape index (κ3) is 4.73. The second-order valence-corrected chi connectivity index (χ2v) is 10.8. The first-order chi connectivity index (χ1) is 17.3. The van der Waals surface area contributed by atoms with Gasteiger partial charge in [-0.15, -0.1) is 0 Å². The second kappa shape index (κ2) is 9.99. The van der Waals surface area contributed by atoms with Crippen LogP contribution in [0.5, 0.6) is 0 Å². The molecule has 2 aliphatic rings. The molecule has 2 amide bonds. The molecule has 5 rings (SSSR count). The van der Waals surface area contributed by atoms with Crippen molar-refractivity contribution < 1.29 is 14.0 Å². The molecule has 6 nitrogen and oxygen atoms in total. The fourth-order valence-corrected chi connectivity index (χ4v) is 5.58. The normalized spacial score (nSPS) is 19.7. The molecule has 2 unspecified atom stereocenters. The van der Waals surface area contributed by atoms with Crippen LogP contribution in [0.25, 0.3) is 0 Å². The van der Waals surface area contributed by atoms with Crippen LogP contribution in [0.3, 0.4) is 0 Å². The van der Waals surface area contributed by atoms with E-state index in [1.165, 1.54) is 18.2 Å². The number of hydrazone groups is 1. The van der Waals surface area contributed by atoms with Crippen LogP contribution in [0, 0.1) is 18.2 Å². The van der Waals surface area contributed by atoms with Gasteiger partial charge in [0.2, 0.25) is 11.8 Å². The number of amides is 2. The number of para-hydroxylation sites is 1. The molecule has 9 heteroatoms. The fraction of sp³-hybridized carbons (Fsp3) is 0.185. The van der Waals surface area contributed by atoms with Gasteiger partial charge in [-0.1, -0.05) is 81.8 Å². The van der Waals surface area contributed by atoms with Crippen LogP contribution in [0.2, 0.25) is 0 Å². The van der Waals surface area contributed by atoms with Crippen molar-refractivity contribution in [2.75, 3.05) is 4.90 Å². The number of hydrogen-bond donors (Lipinski definition) is 1. The Morgan fingerprint density at radius 1 is 1.03 bits per heavy atom. The first kappa shape index (κ1) is 24.4. The van der Waals surface area contributed by atoms with Crippen LogP contribution in [-0.4, -0.2) is 33.0 Å². The second-order valence-electron chi connectivity index (χ2n) is 8.66. The minimum absolute atomic E-state index is 0.0595. The van der Waals surface area contributed by atoms with Crippen LogP contribution < -0.4 is 4.90 Å². The molecule has 0 radical (unpaired) electrons. The SMILES string of the molecule is Cc1ccc(C2=NN(C(=N)SC3CC(=O)N(c4ccccc4F)C3=O)C(c3ccc(Br)cc3)C2)cc1. The van der Waals surface area contributed by atoms with Crippen LogP contribution in [0.15, 0.2) is 82.4 Å². The zero-order valence-corrected chi connectivity index (χ0v) is 21.7. The first-order valence-corrected chi connectivity index (χ1v) is 13.0. The van der Waals surface area contributed by atoms with Gasteiger partial charge in [-0.3, -0.25) is 15.0 Å². The number of rotatable bonds is 4. The summed E-state index contributed by atoms with van der Waals surface area (Å²) in [6, 6.07) is 21.4. The maximum atomic E-state index is 14.3. The molecule has 2 atom stereocenters. The van der Waals surface area contributed by atoms with Crippen molar-refractivity contribution in [2.24, 2.45) is 5.10 Å². The highest BCUT2D eigenvalue weighted by Crippen LogP contribution is 2.38. The quantitative estimate of drug-likeness (QED) is 0.238. The molecule has 0 aromatic heterocycles. The molecule has 2 aliphatic heterocycles. The van der Waals surface area contributed by atoms with E-state index >= 15 is 0 Å². The molecule has 1 fully saturated rings. The zero-order chi connectivity index (χ0) is 25.4. The number of imide groups is 1. The molecular formula is C27H22BrFN4O2S. The fourth-order valence-electron chi connectivity index (χ4n) is 4.33. The summed E-state index contributed by atoms with van der Waals surface area (Å²) < 4.78 is 15.2. The molecule has 0 saturated carbocycles. The number of carbonyl (C=O) groups is 2. The highest BCUT2D eigenvalue weighted by atomic mass is 79.9. The highest BCUT2D eigenvalue weighted by molar-refractivity contribution is 9.10. The van der Waals surface area contributed by atoms with Crippen LogP contribution >= 0.6 is 27.7 Å². The number of amidine groups is 1. The Bertz CT molecular complexity index is 1380. The summed E-state index contributed by atoms with van der Waals surface area (Å²) in [5.74, 6) is -1.64. The average molecular weight is 565 g/mol. The van der Waals surface area contributed by atoms with E-state index in [0.717, 1.165) is 43.5 Å². The topological polar surface area (TPSA) is 76.8 Å². The smallest absolute Gasteiger partial charge is 0.247 e. The Morgan fingerprint density at radius 3 is 2.42 bits per heavy atom. The summed E-state index contributed by atoms with van der Waals surface area (Å²) in [6.07, 6.45) is 0.484. The maximum Gasteiger partial charge on any atom is 0.247 e. The minimum atomic E-state index is -0.825. The van der Waals surface area contributed by atoms with Gasteiger partial charge in [0.05, 0.1) is 17.4 Å². The molecule has 1 N–H and O–H groups in total. The third-order valence-electron chi connectivity index (χ3n) is 6.21. The van der Waals surface area contributed by atoms with Crippen molar-refractivity contribution in [1.82, 2.24) is 5.01 Å². The maximum absolute atomic E-state index is 14.3. The summed E-state index contributed by atoms with van der Waals surface area (Å²) in [5, 5.41) is 14.5. The Kier molecular flexibility index (Phi) is 6.77.